The molecule has 3 rings (SSSR count). The number of benzene rings is 2. The Kier molecular flexibility index (Phi) is 3.61. The van der Waals surface area contributed by atoms with Gasteiger partial charge in [0.15, 0.2) is 17.6 Å². The first-order valence-corrected chi connectivity index (χ1v) is 6.93. The van der Waals surface area contributed by atoms with Crippen molar-refractivity contribution in [2.75, 3.05) is 6.61 Å². The maximum absolute atomic E-state index is 10.4. The number of fused-ring (bicyclic) bond motifs is 1. The van der Waals surface area contributed by atoms with Crippen LogP contribution in [0.1, 0.15) is 24.2 Å². The molecule has 3 nitrogen and oxygen atoms in total. The molecule has 3 heteroatoms. The van der Waals surface area contributed by atoms with E-state index in [1.165, 1.54) is 5.56 Å². The third-order valence-corrected chi connectivity index (χ3v) is 3.61. The fourth-order valence-corrected chi connectivity index (χ4v) is 2.36. The topological polar surface area (TPSA) is 38.7 Å². The van der Waals surface area contributed by atoms with Gasteiger partial charge in [0.25, 0.3) is 0 Å². The van der Waals surface area contributed by atoms with Crippen LogP contribution >= 0.6 is 0 Å². The van der Waals surface area contributed by atoms with Gasteiger partial charge in [0.05, 0.1) is 0 Å². The van der Waals surface area contributed by atoms with Gasteiger partial charge in [-0.25, -0.2) is 0 Å². The van der Waals surface area contributed by atoms with Gasteiger partial charge in [-0.2, -0.15) is 0 Å². The summed E-state index contributed by atoms with van der Waals surface area (Å²) in [4.78, 5) is 0. The summed E-state index contributed by atoms with van der Waals surface area (Å²) in [5, 5.41) is 10.4. The molecule has 0 saturated carbocycles. The highest BCUT2D eigenvalue weighted by molar-refractivity contribution is 5.41. The van der Waals surface area contributed by atoms with Crippen LogP contribution in [0.25, 0.3) is 0 Å². The van der Waals surface area contributed by atoms with E-state index in [1.807, 2.05) is 48.5 Å². The molecule has 1 heterocycles. The van der Waals surface area contributed by atoms with E-state index in [-0.39, 0.29) is 6.10 Å². The summed E-state index contributed by atoms with van der Waals surface area (Å²) < 4.78 is 11.5. The largest absolute Gasteiger partial charge is 0.486 e. The van der Waals surface area contributed by atoms with Gasteiger partial charge >= 0.3 is 0 Å². The van der Waals surface area contributed by atoms with Crippen molar-refractivity contribution in [2.24, 2.45) is 0 Å². The zero-order valence-corrected chi connectivity index (χ0v) is 11.5. The molecule has 1 aliphatic heterocycles. The van der Waals surface area contributed by atoms with E-state index in [0.717, 1.165) is 17.7 Å². The van der Waals surface area contributed by atoms with Crippen molar-refractivity contribution in [2.45, 2.75) is 25.6 Å². The smallest absolute Gasteiger partial charge is 0.163 e. The number of rotatable bonds is 3. The van der Waals surface area contributed by atoms with E-state index >= 15 is 0 Å². The van der Waals surface area contributed by atoms with Crippen molar-refractivity contribution in [3.8, 4) is 11.5 Å². The molecule has 0 bridgehead atoms. The summed E-state index contributed by atoms with van der Waals surface area (Å²) in [5.74, 6) is 1.42. The molecule has 0 aromatic heterocycles. The van der Waals surface area contributed by atoms with Gasteiger partial charge in [0, 0.05) is 0 Å². The highest BCUT2D eigenvalue weighted by Crippen LogP contribution is 2.34. The monoisotopic (exact) mass is 270 g/mol. The van der Waals surface area contributed by atoms with Crippen molar-refractivity contribution in [3.05, 3.63) is 59.7 Å². The number of para-hydroxylation sites is 2. The normalized spacial score (nSPS) is 18.6. The molecule has 0 spiro atoms. The molecule has 0 saturated heterocycles. The molecule has 1 N–H and O–H groups in total. The maximum atomic E-state index is 10.4. The summed E-state index contributed by atoms with van der Waals surface area (Å²) in [6.45, 7) is 2.47. The van der Waals surface area contributed by atoms with Crippen molar-refractivity contribution >= 4 is 0 Å². The molecule has 0 radical (unpaired) electrons. The first-order valence-electron chi connectivity index (χ1n) is 6.93. The molecule has 0 fully saturated rings. The minimum absolute atomic E-state index is 0.355. The first kappa shape index (κ1) is 13.0. The zero-order valence-electron chi connectivity index (χ0n) is 11.5. The summed E-state index contributed by atoms with van der Waals surface area (Å²) >= 11 is 0. The van der Waals surface area contributed by atoms with Gasteiger partial charge < -0.3 is 14.6 Å². The molecule has 0 amide bonds. The second-order valence-corrected chi connectivity index (χ2v) is 4.95. The van der Waals surface area contributed by atoms with Crippen LogP contribution in [0.4, 0.5) is 0 Å². The molecule has 2 atom stereocenters. The zero-order chi connectivity index (χ0) is 13.9. The Labute approximate surface area is 118 Å². The number of hydrogen-bond donors (Lipinski definition) is 1. The summed E-state index contributed by atoms with van der Waals surface area (Å²) in [5.41, 5.74) is 2.11. The van der Waals surface area contributed by atoms with Crippen LogP contribution < -0.4 is 9.47 Å². The maximum Gasteiger partial charge on any atom is 0.163 e. The van der Waals surface area contributed by atoms with Crippen LogP contribution in [0, 0.1) is 0 Å². The lowest BCUT2D eigenvalue weighted by Crippen LogP contribution is -2.34. The molecule has 20 heavy (non-hydrogen) atoms. The summed E-state index contributed by atoms with van der Waals surface area (Å²) in [7, 11) is 0. The van der Waals surface area contributed by atoms with Crippen molar-refractivity contribution in [1.82, 2.24) is 0 Å². The van der Waals surface area contributed by atoms with E-state index in [9.17, 15) is 5.11 Å². The molecule has 1 aliphatic rings. The van der Waals surface area contributed by atoms with Crippen LogP contribution in [0.3, 0.4) is 0 Å². The number of aliphatic hydroxyl groups is 1. The van der Waals surface area contributed by atoms with E-state index in [1.54, 1.807) is 0 Å². The molecular formula is C17H18O3. The second-order valence-electron chi connectivity index (χ2n) is 4.95. The molecular weight excluding hydrogens is 252 g/mol. The Morgan fingerprint density at radius 3 is 2.50 bits per heavy atom. The Bertz CT molecular complexity index is 577. The Morgan fingerprint density at radius 2 is 1.80 bits per heavy atom. The Morgan fingerprint density at radius 1 is 1.10 bits per heavy atom. The molecule has 2 aromatic rings. The third-order valence-electron chi connectivity index (χ3n) is 3.61. The highest BCUT2D eigenvalue weighted by Gasteiger charge is 2.28. The van der Waals surface area contributed by atoms with Crippen molar-refractivity contribution in [3.63, 3.8) is 0 Å². The fourth-order valence-electron chi connectivity index (χ4n) is 2.36. The number of aryl methyl sites for hydroxylation is 1. The Hall–Kier alpha value is -2.00. The SMILES string of the molecule is CCc1ccc(C(O)C2COc3ccccc3O2)cc1. The lowest BCUT2D eigenvalue weighted by molar-refractivity contribution is -0.0113. The van der Waals surface area contributed by atoms with E-state index in [2.05, 4.69) is 6.92 Å². The van der Waals surface area contributed by atoms with E-state index in [4.69, 9.17) is 9.47 Å². The van der Waals surface area contributed by atoms with Gasteiger partial charge in [-0.3, -0.25) is 0 Å². The lowest BCUT2D eigenvalue weighted by Gasteiger charge is -2.29. The van der Waals surface area contributed by atoms with Crippen LogP contribution in [-0.2, 0) is 6.42 Å². The van der Waals surface area contributed by atoms with Gasteiger partial charge in [0.1, 0.15) is 12.7 Å². The predicted octanol–water partition coefficient (Wildman–Crippen LogP) is 3.12. The van der Waals surface area contributed by atoms with Gasteiger partial charge in [-0.1, -0.05) is 43.3 Å². The third kappa shape index (κ3) is 2.49. The molecule has 2 unspecified atom stereocenters. The number of ether oxygens (including phenoxy) is 2. The quantitative estimate of drug-likeness (QED) is 0.931. The summed E-state index contributed by atoms with van der Waals surface area (Å²) in [6.07, 6.45) is -0.0704. The van der Waals surface area contributed by atoms with Gasteiger partial charge in [0.2, 0.25) is 0 Å². The van der Waals surface area contributed by atoms with Gasteiger partial charge in [-0.05, 0) is 29.7 Å². The first-order chi connectivity index (χ1) is 9.78. The number of hydrogen-bond acceptors (Lipinski definition) is 3. The van der Waals surface area contributed by atoms with Crippen LogP contribution in [0.15, 0.2) is 48.5 Å². The predicted molar refractivity (Wildman–Crippen MR) is 77.1 cm³/mol. The lowest BCUT2D eigenvalue weighted by atomic mass is 10.0. The molecule has 104 valence electrons. The van der Waals surface area contributed by atoms with Crippen molar-refractivity contribution in [1.29, 1.82) is 0 Å². The average molecular weight is 270 g/mol. The minimum Gasteiger partial charge on any atom is -0.486 e. The van der Waals surface area contributed by atoms with Crippen LogP contribution in [0.5, 0.6) is 11.5 Å². The van der Waals surface area contributed by atoms with Gasteiger partial charge in [-0.15, -0.1) is 0 Å². The minimum atomic E-state index is -0.686. The summed E-state index contributed by atoms with van der Waals surface area (Å²) in [6, 6.07) is 15.5. The molecule has 2 aromatic carbocycles. The molecule has 0 aliphatic carbocycles. The second kappa shape index (κ2) is 5.55. The fraction of sp³-hybridized carbons (Fsp3) is 0.294. The highest BCUT2D eigenvalue weighted by atomic mass is 16.6. The van der Waals surface area contributed by atoms with E-state index in [0.29, 0.717) is 12.4 Å². The van der Waals surface area contributed by atoms with Crippen LogP contribution in [-0.4, -0.2) is 17.8 Å². The van der Waals surface area contributed by atoms with Crippen molar-refractivity contribution < 1.29 is 14.6 Å². The standard InChI is InChI=1S/C17H18O3/c1-2-12-7-9-13(10-8-12)17(18)16-11-19-14-5-3-4-6-15(14)20-16/h3-10,16-18H,2,11H2,1H3. The van der Waals surface area contributed by atoms with E-state index < -0.39 is 6.10 Å². The average Bonchev–Trinajstić information content (AvgIpc) is 2.54. The number of aliphatic hydroxyl groups excluding tert-OH is 1. The van der Waals surface area contributed by atoms with Crippen LogP contribution in [0.2, 0.25) is 0 Å². The Balaban J connectivity index is 1.76.